The van der Waals surface area contributed by atoms with Gasteiger partial charge in [0, 0.05) is 0 Å². The number of halogens is 1. The van der Waals surface area contributed by atoms with Gasteiger partial charge in [-0.3, -0.25) is 14.7 Å². The molecular formula is C10H12FN5O4. The van der Waals surface area contributed by atoms with E-state index < -0.39 is 43.2 Å². The lowest BCUT2D eigenvalue weighted by Crippen LogP contribution is -2.48. The van der Waals surface area contributed by atoms with Crippen LogP contribution in [0.25, 0.3) is 0 Å². The number of nitrogens with two attached hydrogens (primary N) is 1. The van der Waals surface area contributed by atoms with Crippen LogP contribution in [0.2, 0.25) is 0 Å². The molecule has 0 spiro atoms. The first-order valence-corrected chi connectivity index (χ1v) is 5.89. The molecule has 5 atom stereocenters. The number of amides is 1. The number of hydrogen-bond donors (Lipinski definition) is 3. The third-order valence-corrected chi connectivity index (χ3v) is 3.28. The molecule has 0 radical (unpaired) electrons. The number of ether oxygens (including phenoxy) is 1. The van der Waals surface area contributed by atoms with Crippen molar-refractivity contribution in [2.75, 3.05) is 6.61 Å². The molecule has 9 nitrogen and oxygen atoms in total. The number of aliphatic hydroxyl groups is 2. The Kier molecular flexibility index (Phi) is 3.00. The Labute approximate surface area is 112 Å². The van der Waals surface area contributed by atoms with E-state index in [0.29, 0.717) is 0 Å². The Balaban J connectivity index is 1.87. The number of hydrogen-bond acceptors (Lipinski definition) is 8. The summed E-state index contributed by atoms with van der Waals surface area (Å²) in [7, 11) is 0. The molecular weight excluding hydrogens is 273 g/mol. The summed E-state index contributed by atoms with van der Waals surface area (Å²) in [4.78, 5) is 24.0. The number of aliphatic imine (C=N–C) groups is 3. The third-order valence-electron chi connectivity index (χ3n) is 3.28. The van der Waals surface area contributed by atoms with E-state index in [4.69, 9.17) is 15.6 Å². The lowest BCUT2D eigenvalue weighted by atomic mass is 10.1. The molecule has 1 saturated heterocycles. The fourth-order valence-corrected chi connectivity index (χ4v) is 2.29. The summed E-state index contributed by atoms with van der Waals surface area (Å²) >= 11 is 0. The molecule has 4 N–H and O–H groups in total. The van der Waals surface area contributed by atoms with Crippen molar-refractivity contribution in [1.29, 1.82) is 0 Å². The highest BCUT2D eigenvalue weighted by Crippen LogP contribution is 2.29. The predicted octanol–water partition coefficient (Wildman–Crippen LogP) is -2.63. The molecule has 10 heteroatoms. The van der Waals surface area contributed by atoms with Crippen molar-refractivity contribution in [2.45, 2.75) is 30.6 Å². The minimum Gasteiger partial charge on any atom is -0.394 e. The molecule has 20 heavy (non-hydrogen) atoms. The van der Waals surface area contributed by atoms with Crippen molar-refractivity contribution < 1.29 is 24.1 Å². The standard InChI is InChI=1S/C10H12FN5O4/c11-4-6(18)3(1-17)20-9(4)16-2-13-5-7(16)14-10(12)15-8(5)19/h2-6,9,17-18H,1H2,(H2,12,15,19)/t3-,4+,5-,6+,9-/m0/s1. The summed E-state index contributed by atoms with van der Waals surface area (Å²) in [5.41, 5.74) is 5.39. The van der Waals surface area contributed by atoms with Crippen LogP contribution >= 0.6 is 0 Å². The molecule has 0 bridgehead atoms. The van der Waals surface area contributed by atoms with Crippen molar-refractivity contribution in [3.63, 3.8) is 0 Å². The van der Waals surface area contributed by atoms with Gasteiger partial charge in [0.25, 0.3) is 5.91 Å². The number of alkyl halides is 1. The Bertz CT molecular complexity index is 536. The van der Waals surface area contributed by atoms with E-state index in [2.05, 4.69) is 15.0 Å². The number of aliphatic hydroxyl groups excluding tert-OH is 2. The zero-order valence-electron chi connectivity index (χ0n) is 10.1. The van der Waals surface area contributed by atoms with Gasteiger partial charge in [-0.25, -0.2) is 4.39 Å². The SMILES string of the molecule is NC1=NC(=O)[C@H]2N=CN([C@H]3O[C@@H](CO)[C@@H](O)[C@H]3F)C2=N1. The highest BCUT2D eigenvalue weighted by atomic mass is 19.1. The molecule has 0 saturated carbocycles. The Morgan fingerprint density at radius 3 is 2.90 bits per heavy atom. The molecule has 0 aromatic rings. The summed E-state index contributed by atoms with van der Waals surface area (Å²) in [5, 5.41) is 18.6. The van der Waals surface area contributed by atoms with Gasteiger partial charge in [-0.05, 0) is 0 Å². The van der Waals surface area contributed by atoms with Crippen LogP contribution in [0.1, 0.15) is 0 Å². The molecule has 0 aromatic carbocycles. The van der Waals surface area contributed by atoms with Crippen LogP contribution < -0.4 is 5.73 Å². The van der Waals surface area contributed by atoms with E-state index >= 15 is 0 Å². The van der Waals surface area contributed by atoms with E-state index in [1.165, 1.54) is 11.2 Å². The maximum Gasteiger partial charge on any atom is 0.281 e. The zero-order chi connectivity index (χ0) is 14.4. The quantitative estimate of drug-likeness (QED) is 0.508. The van der Waals surface area contributed by atoms with Gasteiger partial charge in [-0.15, -0.1) is 0 Å². The third kappa shape index (κ3) is 1.80. The van der Waals surface area contributed by atoms with Crippen molar-refractivity contribution in [3.05, 3.63) is 0 Å². The van der Waals surface area contributed by atoms with Crippen molar-refractivity contribution >= 4 is 24.0 Å². The Hall–Kier alpha value is -1.91. The van der Waals surface area contributed by atoms with Gasteiger partial charge in [-0.1, -0.05) is 0 Å². The van der Waals surface area contributed by atoms with E-state index in [9.17, 15) is 14.3 Å². The highest BCUT2D eigenvalue weighted by molar-refractivity contribution is 6.21. The van der Waals surface area contributed by atoms with Gasteiger partial charge in [-0.2, -0.15) is 9.98 Å². The maximum atomic E-state index is 14.0. The molecule has 0 aliphatic carbocycles. The molecule has 3 aliphatic heterocycles. The topological polar surface area (TPSA) is 133 Å². The van der Waals surface area contributed by atoms with Crippen LogP contribution in [-0.2, 0) is 9.53 Å². The first kappa shape index (κ1) is 13.1. The number of carbonyl (C=O) groups excluding carboxylic acids is 1. The van der Waals surface area contributed by atoms with Crippen molar-refractivity contribution in [3.8, 4) is 0 Å². The molecule has 1 fully saturated rings. The lowest BCUT2D eigenvalue weighted by molar-refractivity contribution is -0.117. The lowest BCUT2D eigenvalue weighted by Gasteiger charge is -2.26. The molecule has 3 rings (SSSR count). The second kappa shape index (κ2) is 4.58. The highest BCUT2D eigenvalue weighted by Gasteiger charge is 2.50. The fourth-order valence-electron chi connectivity index (χ4n) is 2.29. The van der Waals surface area contributed by atoms with Gasteiger partial charge < -0.3 is 20.7 Å². The Morgan fingerprint density at radius 1 is 1.50 bits per heavy atom. The van der Waals surface area contributed by atoms with E-state index in [0.717, 1.165) is 0 Å². The summed E-state index contributed by atoms with van der Waals surface area (Å²) in [5.74, 6) is -0.746. The van der Waals surface area contributed by atoms with Crippen molar-refractivity contribution in [2.24, 2.45) is 20.7 Å². The average molecular weight is 285 g/mol. The van der Waals surface area contributed by atoms with Gasteiger partial charge >= 0.3 is 0 Å². The summed E-state index contributed by atoms with van der Waals surface area (Å²) in [6, 6.07) is -0.969. The van der Waals surface area contributed by atoms with Crippen LogP contribution in [-0.4, -0.2) is 76.4 Å². The second-order valence-corrected chi connectivity index (χ2v) is 4.54. The molecule has 3 aliphatic rings. The fraction of sp³-hybridized carbons (Fsp3) is 0.600. The monoisotopic (exact) mass is 285 g/mol. The zero-order valence-corrected chi connectivity index (χ0v) is 10.1. The Morgan fingerprint density at radius 2 is 2.25 bits per heavy atom. The van der Waals surface area contributed by atoms with Crippen LogP contribution in [0, 0.1) is 0 Å². The van der Waals surface area contributed by atoms with E-state index in [1.54, 1.807) is 0 Å². The number of amidine groups is 1. The minimum absolute atomic E-state index is 0.0981. The van der Waals surface area contributed by atoms with Crippen LogP contribution in [0.5, 0.6) is 0 Å². The van der Waals surface area contributed by atoms with E-state index in [-0.39, 0.29) is 11.8 Å². The summed E-state index contributed by atoms with van der Waals surface area (Å²) in [6.45, 7) is -0.526. The number of guanidine groups is 1. The van der Waals surface area contributed by atoms with Gasteiger partial charge in [0.2, 0.25) is 5.96 Å². The second-order valence-electron chi connectivity index (χ2n) is 4.54. The van der Waals surface area contributed by atoms with Crippen LogP contribution in [0.3, 0.4) is 0 Å². The van der Waals surface area contributed by atoms with Gasteiger partial charge in [0.15, 0.2) is 24.3 Å². The van der Waals surface area contributed by atoms with Crippen LogP contribution in [0.15, 0.2) is 15.0 Å². The molecule has 3 heterocycles. The summed E-state index contributed by atoms with van der Waals surface area (Å²) < 4.78 is 19.3. The minimum atomic E-state index is -1.78. The van der Waals surface area contributed by atoms with Crippen LogP contribution in [0.4, 0.5) is 4.39 Å². The molecule has 1 amide bonds. The number of fused-ring (bicyclic) bond motifs is 1. The van der Waals surface area contributed by atoms with E-state index in [1.807, 2.05) is 0 Å². The van der Waals surface area contributed by atoms with Crippen molar-refractivity contribution in [1.82, 2.24) is 4.90 Å². The normalized spacial score (nSPS) is 39.9. The molecule has 0 aromatic heterocycles. The summed E-state index contributed by atoms with van der Waals surface area (Å²) in [6.07, 6.45) is -4.33. The average Bonchev–Trinajstić information content (AvgIpc) is 2.93. The first-order chi connectivity index (χ1) is 9.52. The van der Waals surface area contributed by atoms with Gasteiger partial charge in [0.05, 0.1) is 12.9 Å². The maximum absolute atomic E-state index is 14.0. The smallest absolute Gasteiger partial charge is 0.281 e. The predicted molar refractivity (Wildman–Crippen MR) is 64.8 cm³/mol. The first-order valence-electron chi connectivity index (χ1n) is 5.89. The van der Waals surface area contributed by atoms with Gasteiger partial charge in [0.1, 0.15) is 12.2 Å². The number of carbonyl (C=O) groups is 1. The largest absolute Gasteiger partial charge is 0.394 e. The number of nitrogens with zero attached hydrogens (tertiary/aromatic N) is 4. The number of rotatable bonds is 2. The molecule has 0 unspecified atom stereocenters. The molecule has 108 valence electrons.